The number of nitrogens with one attached hydrogen (secondary N) is 2. The predicted molar refractivity (Wildman–Crippen MR) is 94.1 cm³/mol. The van der Waals surface area contributed by atoms with Gasteiger partial charge < -0.3 is 9.84 Å². The first-order chi connectivity index (χ1) is 11.8. The molecule has 1 rings (SSSR count). The molecule has 0 fully saturated rings. The van der Waals surface area contributed by atoms with Crippen molar-refractivity contribution in [3.05, 3.63) is 23.3 Å². The van der Waals surface area contributed by atoms with Crippen molar-refractivity contribution in [3.8, 4) is 0 Å². The lowest BCUT2D eigenvalue weighted by molar-refractivity contribution is 0.0515. The third-order valence-electron chi connectivity index (χ3n) is 2.92. The van der Waals surface area contributed by atoms with E-state index in [9.17, 15) is 31.5 Å². The average molecular weight is 409 g/mol. The molecule has 1 aromatic carbocycles. The van der Waals surface area contributed by atoms with Crippen LogP contribution in [0.4, 0.5) is 11.4 Å². The number of anilines is 2. The highest BCUT2D eigenvalue weighted by Crippen LogP contribution is 2.32. The minimum absolute atomic E-state index is 0.0417. The molecule has 0 radical (unpaired) electrons. The Balaban J connectivity index is 3.77. The number of hydrogen-bond donors (Lipinski definition) is 3. The Hall–Kier alpha value is -2.38. The molecule has 26 heavy (non-hydrogen) atoms. The van der Waals surface area contributed by atoms with Gasteiger partial charge in [0.15, 0.2) is 0 Å². The molecule has 13 heteroatoms. The van der Waals surface area contributed by atoms with Crippen molar-refractivity contribution in [1.29, 1.82) is 0 Å². The lowest BCUT2D eigenvalue weighted by atomic mass is 10.0. The molecule has 11 nitrogen and oxygen atoms in total. The zero-order chi connectivity index (χ0) is 20.3. The first kappa shape index (κ1) is 21.7. The highest BCUT2D eigenvalue weighted by atomic mass is 32.2. The first-order valence-electron chi connectivity index (χ1n) is 7.05. The number of sulfonamides is 1. The van der Waals surface area contributed by atoms with Gasteiger partial charge in [0.1, 0.15) is 5.56 Å². The number of carbonyl (C=O) groups is 2. The Morgan fingerprint density at radius 3 is 2.15 bits per heavy atom. The van der Waals surface area contributed by atoms with Gasteiger partial charge in [-0.1, -0.05) is 0 Å². The Morgan fingerprint density at radius 1 is 1.15 bits per heavy atom. The Morgan fingerprint density at radius 2 is 1.73 bits per heavy atom. The van der Waals surface area contributed by atoms with E-state index in [1.807, 2.05) is 9.44 Å². The summed E-state index contributed by atoms with van der Waals surface area (Å²) in [6.07, 6.45) is 0.803. The molecule has 0 unspecified atom stereocenters. The van der Waals surface area contributed by atoms with E-state index < -0.39 is 49.0 Å². The maximum absolute atomic E-state index is 12.1. The standard InChI is InChI=1S/C13H19N3O8S2/c1-5-24-13(19)8-6-7-9(14-25(4,20)21)11(10(8)12(17)18)15-26(22,23)16(2)3/h6-7,14-15H,5H2,1-4H3,(H,17,18). The van der Waals surface area contributed by atoms with Crippen LogP contribution >= 0.6 is 0 Å². The van der Waals surface area contributed by atoms with Gasteiger partial charge in [0.25, 0.3) is 0 Å². The van der Waals surface area contributed by atoms with Crippen LogP contribution in [0.1, 0.15) is 27.6 Å². The molecule has 0 bridgehead atoms. The summed E-state index contributed by atoms with van der Waals surface area (Å²) in [5, 5.41) is 9.49. The van der Waals surface area contributed by atoms with E-state index in [0.717, 1.165) is 22.7 Å². The van der Waals surface area contributed by atoms with Crippen LogP contribution in [0.2, 0.25) is 0 Å². The molecule has 0 saturated heterocycles. The van der Waals surface area contributed by atoms with E-state index in [0.29, 0.717) is 0 Å². The largest absolute Gasteiger partial charge is 0.478 e. The molecule has 0 heterocycles. The van der Waals surface area contributed by atoms with Gasteiger partial charge in [0, 0.05) is 14.1 Å². The van der Waals surface area contributed by atoms with Crippen LogP contribution in [0, 0.1) is 0 Å². The molecular formula is C13H19N3O8S2. The topological polar surface area (TPSA) is 159 Å². The summed E-state index contributed by atoms with van der Waals surface area (Å²) in [5.74, 6) is -2.65. The number of rotatable bonds is 8. The second-order valence-corrected chi connectivity index (χ2v) is 8.83. The van der Waals surface area contributed by atoms with E-state index >= 15 is 0 Å². The third kappa shape index (κ3) is 5.31. The molecular weight excluding hydrogens is 390 g/mol. The fourth-order valence-corrected chi connectivity index (χ4v) is 3.04. The van der Waals surface area contributed by atoms with E-state index in [1.54, 1.807) is 0 Å². The first-order valence-corrected chi connectivity index (χ1v) is 10.4. The third-order valence-corrected chi connectivity index (χ3v) is 4.94. The zero-order valence-electron chi connectivity index (χ0n) is 14.4. The second-order valence-electron chi connectivity index (χ2n) is 5.20. The second kappa shape index (κ2) is 7.88. The molecule has 0 saturated carbocycles. The van der Waals surface area contributed by atoms with Crippen LogP contribution in [-0.2, 0) is 25.0 Å². The molecule has 0 amide bonds. The maximum atomic E-state index is 12.1. The van der Waals surface area contributed by atoms with Gasteiger partial charge in [0.2, 0.25) is 10.0 Å². The molecule has 0 aliphatic rings. The van der Waals surface area contributed by atoms with Gasteiger partial charge in [-0.3, -0.25) is 9.44 Å². The molecule has 0 aliphatic carbocycles. The lowest BCUT2D eigenvalue weighted by Gasteiger charge is -2.20. The number of ether oxygens (including phenoxy) is 1. The number of esters is 1. The van der Waals surface area contributed by atoms with Crippen molar-refractivity contribution in [2.45, 2.75) is 6.92 Å². The lowest BCUT2D eigenvalue weighted by Crippen LogP contribution is -2.31. The Labute approximate surface area is 151 Å². The number of carbonyl (C=O) groups excluding carboxylic acids is 1. The highest BCUT2D eigenvalue weighted by Gasteiger charge is 2.28. The molecule has 146 valence electrons. The van der Waals surface area contributed by atoms with Gasteiger partial charge in [-0.2, -0.15) is 12.7 Å². The minimum Gasteiger partial charge on any atom is -0.478 e. The zero-order valence-corrected chi connectivity index (χ0v) is 16.1. The van der Waals surface area contributed by atoms with Gasteiger partial charge in [0.05, 0.1) is 29.8 Å². The minimum atomic E-state index is -4.21. The van der Waals surface area contributed by atoms with Crippen molar-refractivity contribution in [2.24, 2.45) is 0 Å². The Bertz CT molecular complexity index is 923. The van der Waals surface area contributed by atoms with Crippen molar-refractivity contribution in [2.75, 3.05) is 36.4 Å². The molecule has 1 aromatic rings. The molecule has 0 aliphatic heterocycles. The van der Waals surface area contributed by atoms with Crippen molar-refractivity contribution >= 4 is 43.5 Å². The summed E-state index contributed by atoms with van der Waals surface area (Å²) in [6, 6.07) is 2.09. The van der Waals surface area contributed by atoms with E-state index in [1.165, 1.54) is 21.0 Å². The normalized spacial score (nSPS) is 11.9. The molecule has 3 N–H and O–H groups in total. The van der Waals surface area contributed by atoms with Crippen molar-refractivity contribution in [3.63, 3.8) is 0 Å². The maximum Gasteiger partial charge on any atom is 0.339 e. The van der Waals surface area contributed by atoms with E-state index in [-0.39, 0.29) is 12.3 Å². The van der Waals surface area contributed by atoms with Crippen LogP contribution < -0.4 is 9.44 Å². The van der Waals surface area contributed by atoms with E-state index in [4.69, 9.17) is 4.74 Å². The Kier molecular flexibility index (Phi) is 6.57. The van der Waals surface area contributed by atoms with Gasteiger partial charge in [-0.25, -0.2) is 18.0 Å². The quantitative estimate of drug-likeness (QED) is 0.512. The number of carboxylic acids is 1. The summed E-state index contributed by atoms with van der Waals surface area (Å²) in [4.78, 5) is 23.7. The van der Waals surface area contributed by atoms with Crippen LogP contribution in [0.25, 0.3) is 0 Å². The van der Waals surface area contributed by atoms with E-state index in [2.05, 4.69) is 0 Å². The summed E-state index contributed by atoms with van der Waals surface area (Å²) in [6.45, 7) is 1.47. The average Bonchev–Trinajstić information content (AvgIpc) is 2.46. The molecule has 0 spiro atoms. The number of benzene rings is 1. The number of aromatic carboxylic acids is 1. The highest BCUT2D eigenvalue weighted by molar-refractivity contribution is 7.92. The number of hydrogen-bond acceptors (Lipinski definition) is 7. The number of nitrogens with zero attached hydrogens (tertiary/aromatic N) is 1. The van der Waals surface area contributed by atoms with Gasteiger partial charge in [-0.05, 0) is 19.1 Å². The van der Waals surface area contributed by atoms with Crippen molar-refractivity contribution in [1.82, 2.24) is 4.31 Å². The van der Waals surface area contributed by atoms with Crippen LogP contribution in [-0.4, -0.2) is 65.1 Å². The predicted octanol–water partition coefficient (Wildman–Crippen LogP) is 0.151. The van der Waals surface area contributed by atoms with Crippen LogP contribution in [0.3, 0.4) is 0 Å². The fourth-order valence-electron chi connectivity index (χ4n) is 1.81. The fraction of sp³-hybridized carbons (Fsp3) is 0.385. The van der Waals surface area contributed by atoms with Crippen LogP contribution in [0.15, 0.2) is 12.1 Å². The summed E-state index contributed by atoms with van der Waals surface area (Å²) in [7, 11) is -5.71. The summed E-state index contributed by atoms with van der Waals surface area (Å²) >= 11 is 0. The summed E-state index contributed by atoms with van der Waals surface area (Å²) in [5.41, 5.74) is -2.15. The van der Waals surface area contributed by atoms with Crippen LogP contribution in [0.5, 0.6) is 0 Å². The molecule has 0 atom stereocenters. The summed E-state index contributed by atoms with van der Waals surface area (Å²) < 4.78 is 56.8. The SMILES string of the molecule is CCOC(=O)c1ccc(NS(C)(=O)=O)c(NS(=O)(=O)N(C)C)c1C(=O)O. The van der Waals surface area contributed by atoms with Crippen molar-refractivity contribution < 1.29 is 36.3 Å². The van der Waals surface area contributed by atoms with Gasteiger partial charge >= 0.3 is 22.1 Å². The number of carboxylic acid groups (broad SMARTS) is 1. The van der Waals surface area contributed by atoms with Gasteiger partial charge in [-0.15, -0.1) is 0 Å². The monoisotopic (exact) mass is 409 g/mol. The smallest absolute Gasteiger partial charge is 0.339 e. The molecule has 0 aromatic heterocycles.